The zero-order chi connectivity index (χ0) is 15.1. The zero-order valence-corrected chi connectivity index (χ0v) is 13.4. The summed E-state index contributed by atoms with van der Waals surface area (Å²) < 4.78 is 23.9. The van der Waals surface area contributed by atoms with Crippen LogP contribution in [-0.4, -0.2) is 35.1 Å². The monoisotopic (exact) mass is 356 g/mol. The fourth-order valence-electron chi connectivity index (χ4n) is 1.82. The molecule has 1 heterocycles. The summed E-state index contributed by atoms with van der Waals surface area (Å²) in [6.45, 7) is 1.45. The molecule has 1 aromatic rings. The first-order valence-electron chi connectivity index (χ1n) is 5.57. The maximum atomic E-state index is 12.5. The lowest BCUT2D eigenvalue weighted by atomic mass is 10.2. The van der Waals surface area contributed by atoms with Crippen LogP contribution in [0, 0.1) is 6.92 Å². The van der Waals surface area contributed by atoms with Crippen molar-refractivity contribution in [1.82, 2.24) is 9.62 Å². The van der Waals surface area contributed by atoms with Crippen LogP contribution in [0.3, 0.4) is 0 Å². The molecule has 1 N–H and O–H groups in total. The Morgan fingerprint density at radius 2 is 1.80 bits per heavy atom. The molecule has 0 bridgehead atoms. The number of alkyl halides is 3. The van der Waals surface area contributed by atoms with E-state index in [2.05, 4.69) is 5.32 Å². The summed E-state index contributed by atoms with van der Waals surface area (Å²) in [5, 5.41) is 2.34. The predicted octanol–water partition coefficient (Wildman–Crippen LogP) is 1.81. The number of halogens is 3. The largest absolute Gasteiger partial charge is 0.335 e. The molecule has 1 unspecified atom stereocenters. The second-order valence-corrected chi connectivity index (χ2v) is 8.63. The van der Waals surface area contributed by atoms with Crippen molar-refractivity contribution < 1.29 is 13.2 Å². The third-order valence-corrected chi connectivity index (χ3v) is 5.27. The van der Waals surface area contributed by atoms with E-state index < -0.39 is 25.9 Å². The van der Waals surface area contributed by atoms with Crippen LogP contribution in [0.25, 0.3) is 0 Å². The molecule has 1 aromatic carbocycles. The molecule has 0 saturated carbocycles. The van der Waals surface area contributed by atoms with Gasteiger partial charge in [-0.1, -0.05) is 52.5 Å². The molecule has 9 heteroatoms. The van der Waals surface area contributed by atoms with Gasteiger partial charge in [-0.15, -0.1) is 0 Å². The maximum Gasteiger partial charge on any atom is 0.245 e. The highest BCUT2D eigenvalue weighted by Gasteiger charge is 2.49. The van der Waals surface area contributed by atoms with E-state index in [1.807, 2.05) is 6.92 Å². The molecular formula is C11H11Cl3N2O3S. The summed E-state index contributed by atoms with van der Waals surface area (Å²) in [6.07, 6.45) is -1.23. The number of nitrogens with one attached hydrogen (secondary N) is 1. The number of nitrogens with zero attached hydrogens (tertiary/aromatic N) is 1. The number of aryl methyl sites for hydroxylation is 1. The van der Waals surface area contributed by atoms with E-state index >= 15 is 0 Å². The molecule has 1 aliphatic rings. The molecule has 2 rings (SSSR count). The maximum absolute atomic E-state index is 12.5. The Kier molecular flexibility index (Phi) is 4.24. The molecule has 1 amide bonds. The van der Waals surface area contributed by atoms with Crippen LogP contribution in [-0.2, 0) is 14.8 Å². The topological polar surface area (TPSA) is 66.5 Å². The van der Waals surface area contributed by atoms with Gasteiger partial charge in [0, 0.05) is 0 Å². The Hall–Kier alpha value is -0.530. The van der Waals surface area contributed by atoms with Gasteiger partial charge in [0.2, 0.25) is 19.7 Å². The number of carbonyl (C=O) groups excluding carboxylic acids is 1. The Balaban J connectivity index is 2.42. The Bertz CT molecular complexity index is 625. The molecule has 1 aliphatic heterocycles. The van der Waals surface area contributed by atoms with Gasteiger partial charge >= 0.3 is 0 Å². The molecule has 0 spiro atoms. The number of carbonyl (C=O) groups is 1. The highest BCUT2D eigenvalue weighted by Crippen LogP contribution is 2.36. The van der Waals surface area contributed by atoms with Crippen LogP contribution in [0.2, 0.25) is 0 Å². The Morgan fingerprint density at radius 3 is 2.30 bits per heavy atom. The summed E-state index contributed by atoms with van der Waals surface area (Å²) in [4.78, 5) is 11.5. The second kappa shape index (κ2) is 5.35. The summed E-state index contributed by atoms with van der Waals surface area (Å²) >= 11 is 17.2. The fourth-order valence-corrected chi connectivity index (χ4v) is 4.03. The van der Waals surface area contributed by atoms with Crippen molar-refractivity contribution in [3.63, 3.8) is 0 Å². The Labute approximate surface area is 131 Å². The van der Waals surface area contributed by atoms with E-state index in [9.17, 15) is 13.2 Å². The quantitative estimate of drug-likeness (QED) is 0.821. The third-order valence-electron chi connectivity index (χ3n) is 2.82. The number of hydrogen-bond acceptors (Lipinski definition) is 3. The van der Waals surface area contributed by atoms with E-state index in [0.29, 0.717) is 0 Å². The SMILES string of the molecule is Cc1ccc(S(=O)(=O)N2CC(=O)NC2C(Cl)(Cl)Cl)cc1. The lowest BCUT2D eigenvalue weighted by Crippen LogP contribution is -2.48. The van der Waals surface area contributed by atoms with Crippen molar-refractivity contribution in [2.75, 3.05) is 6.54 Å². The van der Waals surface area contributed by atoms with Gasteiger partial charge in [-0.05, 0) is 19.1 Å². The van der Waals surface area contributed by atoms with Crippen LogP contribution in [0.15, 0.2) is 29.2 Å². The van der Waals surface area contributed by atoms with Gasteiger partial charge in [0.05, 0.1) is 11.4 Å². The number of rotatable bonds is 2. The summed E-state index contributed by atoms with van der Waals surface area (Å²) in [7, 11) is -3.92. The van der Waals surface area contributed by atoms with Crippen LogP contribution in [0.5, 0.6) is 0 Å². The predicted molar refractivity (Wildman–Crippen MR) is 77.3 cm³/mol. The normalized spacial score (nSPS) is 21.0. The fraction of sp³-hybridized carbons (Fsp3) is 0.364. The molecule has 0 radical (unpaired) electrons. The molecule has 110 valence electrons. The van der Waals surface area contributed by atoms with Crippen molar-refractivity contribution in [3.8, 4) is 0 Å². The van der Waals surface area contributed by atoms with Crippen LogP contribution < -0.4 is 5.32 Å². The van der Waals surface area contributed by atoms with Gasteiger partial charge in [-0.25, -0.2) is 8.42 Å². The van der Waals surface area contributed by atoms with Gasteiger partial charge in [-0.3, -0.25) is 4.79 Å². The van der Waals surface area contributed by atoms with Gasteiger partial charge in [0.1, 0.15) is 6.17 Å². The smallest absolute Gasteiger partial charge is 0.245 e. The molecule has 1 atom stereocenters. The molecule has 0 aromatic heterocycles. The minimum Gasteiger partial charge on any atom is -0.335 e. The lowest BCUT2D eigenvalue weighted by molar-refractivity contribution is -0.118. The minimum atomic E-state index is -3.92. The minimum absolute atomic E-state index is 0.0406. The van der Waals surface area contributed by atoms with Gasteiger partial charge in [0.25, 0.3) is 0 Å². The van der Waals surface area contributed by atoms with Crippen molar-refractivity contribution in [1.29, 1.82) is 0 Å². The lowest BCUT2D eigenvalue weighted by Gasteiger charge is -2.27. The molecular weight excluding hydrogens is 347 g/mol. The standard InChI is InChI=1S/C11H11Cl3N2O3S/c1-7-2-4-8(5-3-7)20(18,19)16-6-9(17)15-10(16)11(12,13)14/h2-5,10H,6H2,1H3,(H,15,17). The van der Waals surface area contributed by atoms with E-state index in [4.69, 9.17) is 34.8 Å². The van der Waals surface area contributed by atoms with E-state index in [-0.39, 0.29) is 11.4 Å². The molecule has 5 nitrogen and oxygen atoms in total. The highest BCUT2D eigenvalue weighted by molar-refractivity contribution is 7.89. The Morgan fingerprint density at radius 1 is 1.25 bits per heavy atom. The van der Waals surface area contributed by atoms with E-state index in [1.165, 1.54) is 12.1 Å². The average molecular weight is 358 g/mol. The number of amides is 1. The summed E-state index contributed by atoms with van der Waals surface area (Å²) in [5.41, 5.74) is 0.914. The molecule has 1 saturated heterocycles. The molecule has 20 heavy (non-hydrogen) atoms. The van der Waals surface area contributed by atoms with Crippen molar-refractivity contribution >= 4 is 50.7 Å². The average Bonchev–Trinajstić information content (AvgIpc) is 2.72. The van der Waals surface area contributed by atoms with Gasteiger partial charge in [0.15, 0.2) is 0 Å². The van der Waals surface area contributed by atoms with Crippen LogP contribution in [0.1, 0.15) is 5.56 Å². The first kappa shape index (κ1) is 15.9. The number of hydrogen-bond donors (Lipinski definition) is 1. The van der Waals surface area contributed by atoms with Gasteiger partial charge in [-0.2, -0.15) is 4.31 Å². The van der Waals surface area contributed by atoms with Gasteiger partial charge < -0.3 is 5.32 Å². The van der Waals surface area contributed by atoms with Crippen LogP contribution in [0.4, 0.5) is 0 Å². The van der Waals surface area contributed by atoms with Crippen molar-refractivity contribution in [2.45, 2.75) is 21.8 Å². The van der Waals surface area contributed by atoms with Crippen molar-refractivity contribution in [3.05, 3.63) is 29.8 Å². The van der Waals surface area contributed by atoms with E-state index in [0.717, 1.165) is 9.87 Å². The summed E-state index contributed by atoms with van der Waals surface area (Å²) in [6, 6.07) is 6.21. The third kappa shape index (κ3) is 3.04. The van der Waals surface area contributed by atoms with E-state index in [1.54, 1.807) is 12.1 Å². The van der Waals surface area contributed by atoms with Crippen molar-refractivity contribution in [2.24, 2.45) is 0 Å². The number of sulfonamides is 1. The summed E-state index contributed by atoms with van der Waals surface area (Å²) in [5.74, 6) is -0.517. The number of benzene rings is 1. The highest BCUT2D eigenvalue weighted by atomic mass is 35.6. The zero-order valence-electron chi connectivity index (χ0n) is 10.3. The molecule has 1 fully saturated rings. The van der Waals surface area contributed by atoms with Crippen LogP contribution >= 0.6 is 34.8 Å². The second-order valence-electron chi connectivity index (χ2n) is 4.37. The first-order valence-corrected chi connectivity index (χ1v) is 8.14. The first-order chi connectivity index (χ1) is 9.12. The molecule has 0 aliphatic carbocycles.